The van der Waals surface area contributed by atoms with Crippen molar-refractivity contribution in [2.75, 3.05) is 0 Å². The van der Waals surface area contributed by atoms with Crippen molar-refractivity contribution in [2.24, 2.45) is 0 Å². The maximum absolute atomic E-state index is 12.7. The van der Waals surface area contributed by atoms with Gasteiger partial charge in [0, 0.05) is 0 Å². The zero-order valence-electron chi connectivity index (χ0n) is 5.73. The standard InChI is InChI=1S/C7H13FO/c1-7(9)5-3-2-4-6(7)8/h6,9H,2-5H2,1H3/t6-,7+/m0/s1. The fraction of sp³-hybridized carbons (Fsp3) is 1.00. The molecule has 0 radical (unpaired) electrons. The van der Waals surface area contributed by atoms with Gasteiger partial charge >= 0.3 is 0 Å². The molecule has 2 atom stereocenters. The lowest BCUT2D eigenvalue weighted by Crippen LogP contribution is -2.38. The third-order valence-electron chi connectivity index (χ3n) is 2.07. The molecular formula is C7H13FO. The summed E-state index contributed by atoms with van der Waals surface area (Å²) in [6.07, 6.45) is 2.05. The first-order chi connectivity index (χ1) is 4.13. The first kappa shape index (κ1) is 7.00. The third-order valence-corrected chi connectivity index (χ3v) is 2.07. The first-order valence-corrected chi connectivity index (χ1v) is 3.49. The lowest BCUT2D eigenvalue weighted by molar-refractivity contribution is -0.0472. The van der Waals surface area contributed by atoms with E-state index in [-0.39, 0.29) is 0 Å². The fourth-order valence-corrected chi connectivity index (χ4v) is 1.27. The van der Waals surface area contributed by atoms with Crippen molar-refractivity contribution in [3.63, 3.8) is 0 Å². The van der Waals surface area contributed by atoms with Crippen molar-refractivity contribution in [2.45, 2.75) is 44.4 Å². The number of halogens is 1. The molecule has 0 aromatic heterocycles. The Bertz CT molecular complexity index is 101. The summed E-state index contributed by atoms with van der Waals surface area (Å²) in [5.74, 6) is 0. The number of alkyl halides is 1. The highest BCUT2D eigenvalue weighted by Crippen LogP contribution is 2.29. The molecule has 0 aromatic carbocycles. The molecule has 0 aliphatic heterocycles. The van der Waals surface area contributed by atoms with Gasteiger partial charge in [0.05, 0.1) is 5.60 Å². The normalized spacial score (nSPS) is 45.0. The summed E-state index contributed by atoms with van der Waals surface area (Å²) in [5, 5.41) is 9.27. The van der Waals surface area contributed by atoms with Crippen LogP contribution in [0.25, 0.3) is 0 Å². The van der Waals surface area contributed by atoms with Crippen molar-refractivity contribution in [3.8, 4) is 0 Å². The van der Waals surface area contributed by atoms with Crippen LogP contribution in [0.2, 0.25) is 0 Å². The molecule has 1 aliphatic rings. The summed E-state index contributed by atoms with van der Waals surface area (Å²) in [6.45, 7) is 1.58. The van der Waals surface area contributed by atoms with Gasteiger partial charge in [-0.3, -0.25) is 0 Å². The van der Waals surface area contributed by atoms with Gasteiger partial charge in [0.2, 0.25) is 0 Å². The molecule has 1 N–H and O–H groups in total. The monoisotopic (exact) mass is 132 g/mol. The Morgan fingerprint density at radius 3 is 2.56 bits per heavy atom. The smallest absolute Gasteiger partial charge is 0.128 e. The highest BCUT2D eigenvalue weighted by Gasteiger charge is 2.34. The molecule has 0 saturated heterocycles. The minimum Gasteiger partial charge on any atom is -0.387 e. The van der Waals surface area contributed by atoms with Crippen LogP contribution in [0.4, 0.5) is 4.39 Å². The first-order valence-electron chi connectivity index (χ1n) is 3.49. The minimum atomic E-state index is -1.03. The summed E-state index contributed by atoms with van der Waals surface area (Å²) in [7, 11) is 0. The molecule has 0 spiro atoms. The van der Waals surface area contributed by atoms with Gasteiger partial charge in [0.1, 0.15) is 6.17 Å². The van der Waals surface area contributed by atoms with Gasteiger partial charge in [0.15, 0.2) is 0 Å². The average molecular weight is 132 g/mol. The molecule has 0 amide bonds. The highest BCUT2D eigenvalue weighted by molar-refractivity contribution is 4.85. The number of hydrogen-bond acceptors (Lipinski definition) is 1. The lowest BCUT2D eigenvalue weighted by atomic mass is 9.85. The molecule has 0 unspecified atom stereocenters. The van der Waals surface area contributed by atoms with E-state index in [0.29, 0.717) is 12.8 Å². The summed E-state index contributed by atoms with van der Waals surface area (Å²) in [4.78, 5) is 0. The Morgan fingerprint density at radius 2 is 2.22 bits per heavy atom. The average Bonchev–Trinajstić information content (AvgIpc) is 1.77. The molecule has 1 saturated carbocycles. The van der Waals surface area contributed by atoms with E-state index in [1.807, 2.05) is 0 Å². The van der Waals surface area contributed by atoms with Gasteiger partial charge in [-0.1, -0.05) is 12.8 Å². The van der Waals surface area contributed by atoms with E-state index < -0.39 is 11.8 Å². The van der Waals surface area contributed by atoms with Gasteiger partial charge in [-0.2, -0.15) is 0 Å². The van der Waals surface area contributed by atoms with Gasteiger partial charge in [-0.25, -0.2) is 4.39 Å². The van der Waals surface area contributed by atoms with Crippen LogP contribution >= 0.6 is 0 Å². The van der Waals surface area contributed by atoms with Crippen LogP contribution in [0, 0.1) is 0 Å². The van der Waals surface area contributed by atoms with E-state index in [4.69, 9.17) is 0 Å². The van der Waals surface area contributed by atoms with Crippen molar-refractivity contribution in [3.05, 3.63) is 0 Å². The van der Waals surface area contributed by atoms with Gasteiger partial charge in [-0.05, 0) is 19.8 Å². The van der Waals surface area contributed by atoms with E-state index in [9.17, 15) is 9.50 Å². The highest BCUT2D eigenvalue weighted by atomic mass is 19.1. The van der Waals surface area contributed by atoms with Crippen LogP contribution < -0.4 is 0 Å². The number of aliphatic hydroxyl groups is 1. The van der Waals surface area contributed by atoms with Gasteiger partial charge in [-0.15, -0.1) is 0 Å². The predicted molar refractivity (Wildman–Crippen MR) is 34.0 cm³/mol. The van der Waals surface area contributed by atoms with Gasteiger partial charge < -0.3 is 5.11 Å². The molecular weight excluding hydrogens is 119 g/mol. The zero-order chi connectivity index (χ0) is 6.91. The Labute approximate surface area is 54.9 Å². The van der Waals surface area contributed by atoms with E-state index in [1.54, 1.807) is 6.92 Å². The lowest BCUT2D eigenvalue weighted by Gasteiger charge is -2.31. The molecule has 1 nitrogen and oxygen atoms in total. The maximum atomic E-state index is 12.7. The Balaban J connectivity index is 2.49. The van der Waals surface area contributed by atoms with E-state index in [2.05, 4.69) is 0 Å². The van der Waals surface area contributed by atoms with Crippen LogP contribution in [0.1, 0.15) is 32.6 Å². The molecule has 2 heteroatoms. The maximum Gasteiger partial charge on any atom is 0.128 e. The Morgan fingerprint density at radius 1 is 1.56 bits per heavy atom. The second-order valence-electron chi connectivity index (χ2n) is 3.07. The minimum absolute atomic E-state index is 0.535. The Kier molecular flexibility index (Phi) is 1.75. The largest absolute Gasteiger partial charge is 0.387 e. The van der Waals surface area contributed by atoms with Crippen LogP contribution in [0.3, 0.4) is 0 Å². The second kappa shape index (κ2) is 2.25. The van der Waals surface area contributed by atoms with Crippen LogP contribution in [-0.2, 0) is 0 Å². The van der Waals surface area contributed by atoms with E-state index >= 15 is 0 Å². The summed E-state index contributed by atoms with van der Waals surface area (Å²) in [5.41, 5.74) is -1.03. The SMILES string of the molecule is C[C@@]1(O)CCCC[C@@H]1F. The molecule has 0 heterocycles. The number of rotatable bonds is 0. The molecule has 54 valence electrons. The van der Waals surface area contributed by atoms with Crippen LogP contribution in [-0.4, -0.2) is 16.9 Å². The quantitative estimate of drug-likeness (QED) is 0.531. The summed E-state index contributed by atoms with van der Waals surface area (Å²) >= 11 is 0. The van der Waals surface area contributed by atoms with Gasteiger partial charge in [0.25, 0.3) is 0 Å². The van der Waals surface area contributed by atoms with Crippen molar-refractivity contribution < 1.29 is 9.50 Å². The van der Waals surface area contributed by atoms with E-state index in [1.165, 1.54) is 0 Å². The molecule has 1 rings (SSSR count). The molecule has 0 bridgehead atoms. The molecule has 1 aliphatic carbocycles. The van der Waals surface area contributed by atoms with Crippen LogP contribution in [0.15, 0.2) is 0 Å². The third kappa shape index (κ3) is 1.42. The Hall–Kier alpha value is -0.110. The summed E-state index contributed by atoms with van der Waals surface area (Å²) < 4.78 is 12.7. The molecule has 0 aromatic rings. The zero-order valence-corrected chi connectivity index (χ0v) is 5.73. The number of hydrogen-bond donors (Lipinski definition) is 1. The van der Waals surface area contributed by atoms with E-state index in [0.717, 1.165) is 12.8 Å². The van der Waals surface area contributed by atoms with Crippen molar-refractivity contribution in [1.29, 1.82) is 0 Å². The second-order valence-corrected chi connectivity index (χ2v) is 3.07. The van der Waals surface area contributed by atoms with Crippen molar-refractivity contribution in [1.82, 2.24) is 0 Å². The summed E-state index contributed by atoms with van der Waals surface area (Å²) in [6, 6.07) is 0. The van der Waals surface area contributed by atoms with Crippen LogP contribution in [0.5, 0.6) is 0 Å². The fourth-order valence-electron chi connectivity index (χ4n) is 1.27. The van der Waals surface area contributed by atoms with Crippen molar-refractivity contribution >= 4 is 0 Å². The molecule has 9 heavy (non-hydrogen) atoms. The predicted octanol–water partition coefficient (Wildman–Crippen LogP) is 1.65. The topological polar surface area (TPSA) is 20.2 Å². The molecule has 1 fully saturated rings.